The lowest BCUT2D eigenvalue weighted by Crippen LogP contribution is -2.03. The topological polar surface area (TPSA) is 62.7 Å². The molecule has 0 spiro atoms. The first kappa shape index (κ1) is 55.1. The monoisotopic (exact) mass is 945 g/mol. The third kappa shape index (κ3) is 20.6. The van der Waals surface area contributed by atoms with E-state index < -0.39 is 0 Å². The van der Waals surface area contributed by atoms with Crippen molar-refractivity contribution < 1.29 is 18.9 Å². The second-order valence-corrected chi connectivity index (χ2v) is 18.5. The predicted molar refractivity (Wildman–Crippen MR) is 301 cm³/mol. The lowest BCUT2D eigenvalue weighted by Gasteiger charge is -2.15. The number of hydrogen-bond acceptors (Lipinski definition) is 6. The standard InChI is InChI=1S/C64H84N2O4/c1-6-11-15-19-23-43-67-59-39-42-62(68-44-24-20-16-12-7-2)56(47-59)37-32-54-34-40-60(65-50-54)61-41-35-55(51-66-61)33-38-58-49-63(69-45-25-21-17-13-8-3)57(36-31-53-29-27-52(10-5)28-30-53)48-64(58)70-46-26-22-18-14-9-4/h10,27-42,47-51H,5-9,11-26,43-46H2,1-4H3/b36-31+,37-32+,38-33+. The number of ether oxygens (including phenoxy) is 4. The molecule has 0 bridgehead atoms. The molecule has 0 saturated heterocycles. The Labute approximate surface area is 423 Å². The van der Waals surface area contributed by atoms with Crippen LogP contribution in [0.4, 0.5) is 0 Å². The van der Waals surface area contributed by atoms with Crippen LogP contribution in [0.3, 0.4) is 0 Å². The van der Waals surface area contributed by atoms with E-state index in [0.29, 0.717) is 19.8 Å². The maximum atomic E-state index is 6.56. The molecule has 2 aromatic heterocycles. The van der Waals surface area contributed by atoms with Crippen LogP contribution in [0.1, 0.15) is 195 Å². The van der Waals surface area contributed by atoms with Crippen molar-refractivity contribution in [2.24, 2.45) is 0 Å². The van der Waals surface area contributed by atoms with Crippen LogP contribution in [0, 0.1) is 0 Å². The first-order valence-electron chi connectivity index (χ1n) is 27.1. The van der Waals surface area contributed by atoms with E-state index in [1.54, 1.807) is 0 Å². The second kappa shape index (κ2) is 33.6. The molecule has 374 valence electrons. The average molecular weight is 945 g/mol. The molecule has 2 heterocycles. The number of unbranched alkanes of at least 4 members (excludes halogenated alkanes) is 16. The van der Waals surface area contributed by atoms with Crippen LogP contribution in [-0.2, 0) is 0 Å². The maximum Gasteiger partial charge on any atom is 0.127 e. The zero-order valence-corrected chi connectivity index (χ0v) is 43.4. The first-order chi connectivity index (χ1) is 34.5. The number of rotatable bonds is 36. The van der Waals surface area contributed by atoms with Gasteiger partial charge in [-0.3, -0.25) is 9.97 Å². The summed E-state index contributed by atoms with van der Waals surface area (Å²) in [7, 11) is 0. The number of aromatic nitrogens is 2. The van der Waals surface area contributed by atoms with Crippen LogP contribution in [0.15, 0.2) is 97.8 Å². The maximum absolute atomic E-state index is 6.56. The van der Waals surface area contributed by atoms with E-state index in [4.69, 9.17) is 28.9 Å². The number of hydrogen-bond donors (Lipinski definition) is 0. The van der Waals surface area contributed by atoms with Crippen LogP contribution in [0.25, 0.3) is 53.9 Å². The number of benzene rings is 3. The fraction of sp³-hybridized carbons (Fsp3) is 0.438. The van der Waals surface area contributed by atoms with Gasteiger partial charge in [-0.25, -0.2) is 0 Å². The fourth-order valence-corrected chi connectivity index (χ4v) is 8.15. The zero-order valence-electron chi connectivity index (χ0n) is 43.4. The van der Waals surface area contributed by atoms with Crippen molar-refractivity contribution in [3.8, 4) is 34.4 Å². The van der Waals surface area contributed by atoms with Gasteiger partial charge in [-0.15, -0.1) is 0 Å². The quantitative estimate of drug-likeness (QED) is 0.0294. The van der Waals surface area contributed by atoms with Gasteiger partial charge in [0, 0.05) is 29.1 Å². The Morgan fingerprint density at radius 1 is 0.357 bits per heavy atom. The van der Waals surface area contributed by atoms with Crippen LogP contribution in [-0.4, -0.2) is 36.4 Å². The molecule has 0 amide bonds. The SMILES string of the molecule is C=Cc1ccc(/C=C/c2cc(OCCCCCCC)c(/C=C/c3ccc(-c4ccc(/C=C/c5cc(OCCCCCCC)ccc5OCCCCCCC)cn4)nc3)cc2OCCCCCCC)cc1. The molecule has 3 aromatic carbocycles. The van der Waals surface area contributed by atoms with E-state index in [2.05, 4.69) is 131 Å². The van der Waals surface area contributed by atoms with Crippen LogP contribution < -0.4 is 18.9 Å². The van der Waals surface area contributed by atoms with Crippen LogP contribution in [0.5, 0.6) is 23.0 Å². The summed E-state index contributed by atoms with van der Waals surface area (Å²) in [5.41, 5.74) is 8.84. The largest absolute Gasteiger partial charge is 0.494 e. The highest BCUT2D eigenvalue weighted by Crippen LogP contribution is 2.33. The Morgan fingerprint density at radius 3 is 1.14 bits per heavy atom. The first-order valence-corrected chi connectivity index (χ1v) is 27.1. The molecule has 0 radical (unpaired) electrons. The van der Waals surface area contributed by atoms with E-state index in [9.17, 15) is 0 Å². The van der Waals surface area contributed by atoms with Gasteiger partial charge < -0.3 is 18.9 Å². The summed E-state index contributed by atoms with van der Waals surface area (Å²) in [6.45, 7) is 15.7. The minimum Gasteiger partial charge on any atom is -0.494 e. The van der Waals surface area contributed by atoms with Crippen molar-refractivity contribution in [2.45, 2.75) is 156 Å². The Balaban J connectivity index is 1.31. The van der Waals surface area contributed by atoms with Crippen LogP contribution >= 0.6 is 0 Å². The highest BCUT2D eigenvalue weighted by atomic mass is 16.5. The Morgan fingerprint density at radius 2 is 0.729 bits per heavy atom. The molecule has 5 rings (SSSR count). The molecule has 0 unspecified atom stereocenters. The lowest BCUT2D eigenvalue weighted by molar-refractivity contribution is 0.295. The van der Waals surface area contributed by atoms with E-state index in [-0.39, 0.29) is 0 Å². The van der Waals surface area contributed by atoms with Gasteiger partial charge >= 0.3 is 0 Å². The van der Waals surface area contributed by atoms with E-state index in [1.807, 2.05) is 36.7 Å². The smallest absolute Gasteiger partial charge is 0.127 e. The molecular weight excluding hydrogens is 861 g/mol. The molecule has 0 aliphatic rings. The van der Waals surface area contributed by atoms with Crippen molar-refractivity contribution in [1.82, 2.24) is 9.97 Å². The highest BCUT2D eigenvalue weighted by Gasteiger charge is 2.12. The summed E-state index contributed by atoms with van der Waals surface area (Å²) < 4.78 is 25.6. The summed E-state index contributed by atoms with van der Waals surface area (Å²) in [5.74, 6) is 3.46. The van der Waals surface area contributed by atoms with Crippen molar-refractivity contribution in [2.75, 3.05) is 26.4 Å². The molecule has 0 saturated carbocycles. The van der Waals surface area contributed by atoms with E-state index in [0.717, 1.165) is 112 Å². The Kier molecular flexibility index (Phi) is 26.4. The Bertz CT molecular complexity index is 2290. The summed E-state index contributed by atoms with van der Waals surface area (Å²) >= 11 is 0. The lowest BCUT2D eigenvalue weighted by atomic mass is 10.0. The highest BCUT2D eigenvalue weighted by molar-refractivity contribution is 5.79. The molecule has 0 aliphatic carbocycles. The van der Waals surface area contributed by atoms with Gasteiger partial charge in [-0.05, 0) is 90.4 Å². The number of pyridine rings is 2. The molecule has 70 heavy (non-hydrogen) atoms. The average Bonchev–Trinajstić information content (AvgIpc) is 3.39. The van der Waals surface area contributed by atoms with Crippen LogP contribution in [0.2, 0.25) is 0 Å². The summed E-state index contributed by atoms with van der Waals surface area (Å²) in [4.78, 5) is 9.67. The van der Waals surface area contributed by atoms with Gasteiger partial charge in [0.25, 0.3) is 0 Å². The van der Waals surface area contributed by atoms with Crippen molar-refractivity contribution in [3.05, 3.63) is 137 Å². The minimum atomic E-state index is 0.669. The molecule has 0 fully saturated rings. The van der Waals surface area contributed by atoms with Gasteiger partial charge in [0.05, 0.1) is 37.8 Å². The van der Waals surface area contributed by atoms with Gasteiger partial charge in [-0.2, -0.15) is 0 Å². The van der Waals surface area contributed by atoms with E-state index >= 15 is 0 Å². The molecule has 0 N–H and O–H groups in total. The summed E-state index contributed by atoms with van der Waals surface area (Å²) in [5, 5.41) is 0. The van der Waals surface area contributed by atoms with Crippen molar-refractivity contribution in [1.29, 1.82) is 0 Å². The van der Waals surface area contributed by atoms with E-state index in [1.165, 1.54) is 96.3 Å². The van der Waals surface area contributed by atoms with Crippen molar-refractivity contribution >= 4 is 42.5 Å². The van der Waals surface area contributed by atoms with Gasteiger partial charge in [-0.1, -0.05) is 216 Å². The second-order valence-electron chi connectivity index (χ2n) is 18.5. The molecule has 5 aromatic rings. The Hall–Kier alpha value is -5.88. The van der Waals surface area contributed by atoms with Crippen molar-refractivity contribution in [3.63, 3.8) is 0 Å². The minimum absolute atomic E-state index is 0.669. The normalized spacial score (nSPS) is 11.5. The zero-order chi connectivity index (χ0) is 49.3. The van der Waals surface area contributed by atoms with Gasteiger partial charge in [0.2, 0.25) is 0 Å². The molecular formula is C64H84N2O4. The number of nitrogens with zero attached hydrogens (tertiary/aromatic N) is 2. The molecule has 0 aliphatic heterocycles. The summed E-state index contributed by atoms with van der Waals surface area (Å²) in [6, 6.07) is 27.1. The van der Waals surface area contributed by atoms with Gasteiger partial charge in [0.15, 0.2) is 0 Å². The molecule has 6 heteroatoms. The fourth-order valence-electron chi connectivity index (χ4n) is 8.15. The van der Waals surface area contributed by atoms with Gasteiger partial charge in [0.1, 0.15) is 23.0 Å². The molecule has 6 nitrogen and oxygen atoms in total. The summed E-state index contributed by atoms with van der Waals surface area (Å²) in [6.07, 6.45) is 42.3. The predicted octanol–water partition coefficient (Wildman–Crippen LogP) is 18.7. The third-order valence-electron chi connectivity index (χ3n) is 12.5. The third-order valence-corrected chi connectivity index (χ3v) is 12.5. The molecule has 0 atom stereocenters.